The topological polar surface area (TPSA) is 60.2 Å². The van der Waals surface area contributed by atoms with Gasteiger partial charge in [0.1, 0.15) is 22.8 Å². The molecule has 6 aromatic rings. The highest BCUT2D eigenvalue weighted by atomic mass is 16.5. The molecule has 1 N–H and O–H groups in total. The van der Waals surface area contributed by atoms with E-state index >= 15 is 0 Å². The Morgan fingerprint density at radius 1 is 0.757 bits per heavy atom. The predicted molar refractivity (Wildman–Crippen MR) is 148 cm³/mol. The number of aromatic nitrogens is 3. The van der Waals surface area contributed by atoms with Crippen LogP contribution in [0.4, 0.5) is 0 Å². The van der Waals surface area contributed by atoms with Gasteiger partial charge in [0.25, 0.3) is 0 Å². The molecule has 37 heavy (non-hydrogen) atoms. The molecule has 3 aromatic heterocycles. The number of phenolic OH excluding ortho intramolecular Hbond substituents is 1. The van der Waals surface area contributed by atoms with Crippen LogP contribution in [-0.2, 0) is 0 Å². The molecule has 0 spiro atoms. The van der Waals surface area contributed by atoms with E-state index in [4.69, 9.17) is 9.72 Å². The molecule has 5 nitrogen and oxygen atoms in total. The van der Waals surface area contributed by atoms with Crippen LogP contribution < -0.4 is 4.74 Å². The van der Waals surface area contributed by atoms with Crippen molar-refractivity contribution in [2.45, 2.75) is 38.0 Å². The lowest BCUT2D eigenvalue weighted by molar-refractivity contribution is 0.443. The highest BCUT2D eigenvalue weighted by Gasteiger charge is 2.20. The maximum atomic E-state index is 10.6. The summed E-state index contributed by atoms with van der Waals surface area (Å²) in [7, 11) is 0. The third-order valence-corrected chi connectivity index (χ3v) is 7.64. The number of fused-ring (bicyclic) bond motifs is 4. The average Bonchev–Trinajstić information content (AvgIpc) is 3.28. The maximum Gasteiger partial charge on any atom is 0.219 e. The molecule has 1 aliphatic carbocycles. The van der Waals surface area contributed by atoms with E-state index < -0.39 is 0 Å². The van der Waals surface area contributed by atoms with Crippen LogP contribution in [0.25, 0.3) is 38.5 Å². The predicted octanol–water partition coefficient (Wildman–Crippen LogP) is 8.27. The molecular formula is C32H27N3O2. The highest BCUT2D eigenvalue weighted by Crippen LogP contribution is 2.40. The normalized spacial score (nSPS) is 14.5. The smallest absolute Gasteiger partial charge is 0.219 e. The Morgan fingerprint density at radius 2 is 1.57 bits per heavy atom. The molecule has 0 radical (unpaired) electrons. The summed E-state index contributed by atoms with van der Waals surface area (Å²) in [6.45, 7) is 0. The van der Waals surface area contributed by atoms with Crippen LogP contribution in [0.15, 0.2) is 91.1 Å². The number of rotatable bonds is 4. The van der Waals surface area contributed by atoms with Crippen molar-refractivity contribution >= 4 is 32.7 Å². The fraction of sp³-hybridized carbons (Fsp3) is 0.188. The van der Waals surface area contributed by atoms with Gasteiger partial charge in [-0.15, -0.1) is 0 Å². The Bertz CT molecular complexity index is 1750. The Hall–Kier alpha value is -4.38. The van der Waals surface area contributed by atoms with Gasteiger partial charge in [-0.05, 0) is 66.8 Å². The van der Waals surface area contributed by atoms with E-state index in [1.54, 1.807) is 6.07 Å². The number of para-hydroxylation sites is 1. The molecular weight excluding hydrogens is 458 g/mol. The summed E-state index contributed by atoms with van der Waals surface area (Å²) in [5.41, 5.74) is 4.00. The zero-order valence-electron chi connectivity index (χ0n) is 20.5. The average molecular weight is 486 g/mol. The third kappa shape index (κ3) is 3.78. The van der Waals surface area contributed by atoms with Crippen molar-refractivity contribution in [2.24, 2.45) is 0 Å². The van der Waals surface area contributed by atoms with E-state index in [0.29, 0.717) is 23.1 Å². The molecule has 3 aromatic carbocycles. The molecule has 1 saturated carbocycles. The number of hydrogen-bond donors (Lipinski definition) is 1. The minimum absolute atomic E-state index is 0.186. The van der Waals surface area contributed by atoms with Crippen LogP contribution in [0.2, 0.25) is 0 Å². The summed E-state index contributed by atoms with van der Waals surface area (Å²) in [6, 6.07) is 28.2. The first kappa shape index (κ1) is 21.9. The fourth-order valence-electron chi connectivity index (χ4n) is 5.90. The van der Waals surface area contributed by atoms with Gasteiger partial charge in [-0.3, -0.25) is 4.57 Å². The van der Waals surface area contributed by atoms with Gasteiger partial charge in [-0.25, -0.2) is 9.97 Å². The summed E-state index contributed by atoms with van der Waals surface area (Å²) >= 11 is 0. The van der Waals surface area contributed by atoms with Gasteiger partial charge in [0, 0.05) is 34.5 Å². The summed E-state index contributed by atoms with van der Waals surface area (Å²) < 4.78 is 8.43. The minimum atomic E-state index is 0.186. The first-order valence-electron chi connectivity index (χ1n) is 13.0. The van der Waals surface area contributed by atoms with Crippen LogP contribution in [0.1, 0.15) is 43.6 Å². The van der Waals surface area contributed by atoms with Gasteiger partial charge in [-0.2, -0.15) is 0 Å². The van der Waals surface area contributed by atoms with Crippen molar-refractivity contribution in [3.05, 3.63) is 96.7 Å². The van der Waals surface area contributed by atoms with Gasteiger partial charge in [0.2, 0.25) is 5.88 Å². The van der Waals surface area contributed by atoms with Gasteiger partial charge < -0.3 is 9.84 Å². The molecule has 5 heteroatoms. The molecule has 1 aliphatic rings. The molecule has 1 fully saturated rings. The van der Waals surface area contributed by atoms with Crippen LogP contribution in [-0.4, -0.2) is 19.6 Å². The molecule has 0 unspecified atom stereocenters. The molecule has 0 atom stereocenters. The van der Waals surface area contributed by atoms with Crippen molar-refractivity contribution in [3.63, 3.8) is 0 Å². The highest BCUT2D eigenvalue weighted by molar-refractivity contribution is 6.09. The van der Waals surface area contributed by atoms with Gasteiger partial charge in [0.05, 0.1) is 11.0 Å². The SMILES string of the molecule is Oc1ccc(C2CCCCC2)c2ccc(Oc3ccc4c5ccccc5n(-c5ccccn5)c4c3)nc12. The summed E-state index contributed by atoms with van der Waals surface area (Å²) in [5.74, 6) is 2.72. The van der Waals surface area contributed by atoms with Crippen LogP contribution >= 0.6 is 0 Å². The van der Waals surface area contributed by atoms with Crippen LogP contribution in [0, 0.1) is 0 Å². The maximum absolute atomic E-state index is 10.6. The number of benzene rings is 3. The molecule has 0 saturated heterocycles. The lowest BCUT2D eigenvalue weighted by Gasteiger charge is -2.23. The fourth-order valence-corrected chi connectivity index (χ4v) is 5.90. The minimum Gasteiger partial charge on any atom is -0.506 e. The Morgan fingerprint density at radius 3 is 2.43 bits per heavy atom. The summed E-state index contributed by atoms with van der Waals surface area (Å²) in [6.07, 6.45) is 8.04. The zero-order valence-corrected chi connectivity index (χ0v) is 20.5. The van der Waals surface area contributed by atoms with Crippen molar-refractivity contribution in [3.8, 4) is 23.2 Å². The molecule has 3 heterocycles. The van der Waals surface area contributed by atoms with Crippen molar-refractivity contribution in [1.29, 1.82) is 0 Å². The van der Waals surface area contributed by atoms with E-state index in [1.165, 1.54) is 43.1 Å². The van der Waals surface area contributed by atoms with Crippen molar-refractivity contribution in [2.75, 3.05) is 0 Å². The second kappa shape index (κ2) is 8.93. The number of pyridine rings is 2. The summed E-state index contributed by atoms with van der Waals surface area (Å²) in [4.78, 5) is 9.35. The second-order valence-corrected chi connectivity index (χ2v) is 9.88. The van der Waals surface area contributed by atoms with Gasteiger partial charge in [0.15, 0.2) is 0 Å². The molecule has 0 aliphatic heterocycles. The molecule has 7 rings (SSSR count). The largest absolute Gasteiger partial charge is 0.506 e. The molecule has 0 amide bonds. The van der Waals surface area contributed by atoms with E-state index in [0.717, 1.165) is 27.6 Å². The Balaban J connectivity index is 1.31. The quantitative estimate of drug-likeness (QED) is 0.273. The standard InChI is InChI=1S/C32H27N3O2/c36-29-17-15-23(21-8-2-1-3-9-21)26-16-18-31(34-32(26)29)37-22-13-14-25-24-10-4-5-11-27(24)35(28(25)20-22)30-12-6-7-19-33-30/h4-7,10-21,36H,1-3,8-9H2. The number of aromatic hydroxyl groups is 1. The van der Waals surface area contributed by atoms with Crippen molar-refractivity contribution < 1.29 is 9.84 Å². The van der Waals surface area contributed by atoms with E-state index in [1.807, 2.05) is 54.7 Å². The number of phenols is 1. The monoisotopic (exact) mass is 485 g/mol. The lowest BCUT2D eigenvalue weighted by Crippen LogP contribution is -2.05. The Labute approximate surface area is 215 Å². The number of hydrogen-bond acceptors (Lipinski definition) is 4. The Kier molecular flexibility index (Phi) is 5.28. The number of ether oxygens (including phenoxy) is 1. The molecule has 182 valence electrons. The van der Waals surface area contributed by atoms with Crippen LogP contribution in [0.3, 0.4) is 0 Å². The van der Waals surface area contributed by atoms with Crippen molar-refractivity contribution in [1.82, 2.24) is 14.5 Å². The lowest BCUT2D eigenvalue weighted by atomic mass is 9.82. The third-order valence-electron chi connectivity index (χ3n) is 7.64. The van der Waals surface area contributed by atoms with E-state index in [9.17, 15) is 5.11 Å². The summed E-state index contributed by atoms with van der Waals surface area (Å²) in [5, 5.41) is 14.0. The second-order valence-electron chi connectivity index (χ2n) is 9.88. The molecule has 0 bridgehead atoms. The zero-order chi connectivity index (χ0) is 24.8. The first-order valence-corrected chi connectivity index (χ1v) is 13.0. The van der Waals surface area contributed by atoms with E-state index in [-0.39, 0.29) is 5.75 Å². The van der Waals surface area contributed by atoms with Gasteiger partial charge >= 0.3 is 0 Å². The van der Waals surface area contributed by atoms with Crippen LogP contribution in [0.5, 0.6) is 17.4 Å². The van der Waals surface area contributed by atoms with Gasteiger partial charge in [-0.1, -0.05) is 49.6 Å². The van der Waals surface area contributed by atoms with E-state index in [2.05, 4.69) is 39.9 Å². The first-order chi connectivity index (χ1) is 18.3. The number of nitrogens with zero attached hydrogens (tertiary/aromatic N) is 3.